The number of ketones is 4. The lowest BCUT2D eigenvalue weighted by Gasteiger charge is -2.23. The molecule has 1 aliphatic rings. The summed E-state index contributed by atoms with van der Waals surface area (Å²) in [5.41, 5.74) is 35.3. The first kappa shape index (κ1) is 75.9. The number of benzene rings is 4. The third kappa shape index (κ3) is 23.3. The zero-order valence-electron chi connectivity index (χ0n) is 54.5. The molecule has 96 heavy (non-hydrogen) atoms. The topological polar surface area (TPSA) is 530 Å². The van der Waals surface area contributed by atoms with Crippen LogP contribution < -0.4 is 90.6 Å². The van der Waals surface area contributed by atoms with Crippen LogP contribution in [0.3, 0.4) is 0 Å². The Morgan fingerprint density at radius 1 is 0.448 bits per heavy atom. The number of Topliss-reactive ketones (excluding diaryl/α,β-unsaturated/α-hetero) is 4. The Bertz CT molecular complexity index is 3510. The second kappa shape index (κ2) is 37.7. The van der Waals surface area contributed by atoms with Crippen molar-refractivity contribution in [2.24, 2.45) is 34.4 Å². The second-order valence-electron chi connectivity index (χ2n) is 22.9. The molecule has 5 atom stereocenters. The summed E-state index contributed by atoms with van der Waals surface area (Å²) in [6.45, 7) is 1.17. The molecule has 0 spiro atoms. The Labute approximate surface area is 556 Å². The molecule has 5 rings (SSSR count). The number of carbonyl (C=O) groups is 9. The number of nitrogens with one attached hydrogen (secondary N) is 11. The molecule has 0 saturated carbocycles. The van der Waals surface area contributed by atoms with Crippen molar-refractivity contribution in [1.82, 2.24) is 42.1 Å². The van der Waals surface area contributed by atoms with Crippen molar-refractivity contribution in [2.75, 3.05) is 61.2 Å². The fraction of sp³-hybridized carbons (Fsp3) is 0.431. The third-order valence-electron chi connectivity index (χ3n) is 15.8. The highest BCUT2D eigenvalue weighted by Crippen LogP contribution is 2.29. The van der Waals surface area contributed by atoms with E-state index >= 15 is 0 Å². The van der Waals surface area contributed by atoms with Gasteiger partial charge in [-0.05, 0) is 135 Å². The quantitative estimate of drug-likeness (QED) is 0.0159. The Kier molecular flexibility index (Phi) is 29.8. The lowest BCUT2D eigenvalue weighted by Crippen LogP contribution is -2.44. The highest BCUT2D eigenvalue weighted by atomic mass is 16.5. The molecule has 31 nitrogen and oxygen atoms in total. The molecule has 0 aromatic heterocycles. The van der Waals surface area contributed by atoms with E-state index < -0.39 is 77.1 Å². The number of likely N-dealkylation sites (tertiary alicyclic amines) is 1. The Morgan fingerprint density at radius 3 is 1.04 bits per heavy atom. The highest BCUT2D eigenvalue weighted by molar-refractivity contribution is 6.04. The van der Waals surface area contributed by atoms with E-state index in [1.54, 1.807) is 24.3 Å². The highest BCUT2D eigenvalue weighted by Gasteiger charge is 2.35. The van der Waals surface area contributed by atoms with Crippen LogP contribution in [0.15, 0.2) is 72.8 Å². The summed E-state index contributed by atoms with van der Waals surface area (Å²) >= 11 is 0. The third-order valence-corrected chi connectivity index (χ3v) is 15.8. The molecule has 4 aromatic rings. The van der Waals surface area contributed by atoms with Gasteiger partial charge in [0.2, 0.25) is 5.91 Å². The first-order valence-electron chi connectivity index (χ1n) is 31.2. The minimum atomic E-state index is -1.20. The van der Waals surface area contributed by atoms with Crippen molar-refractivity contribution in [3.8, 4) is 23.0 Å². The lowest BCUT2D eigenvalue weighted by molar-refractivity contribution is -0.122. The van der Waals surface area contributed by atoms with Gasteiger partial charge in [-0.15, -0.1) is 0 Å². The molecule has 0 radical (unpaired) electrons. The van der Waals surface area contributed by atoms with Crippen LogP contribution in [0, 0.1) is 21.6 Å². The van der Waals surface area contributed by atoms with E-state index in [0.717, 1.165) is 0 Å². The second-order valence-corrected chi connectivity index (χ2v) is 22.9. The summed E-state index contributed by atoms with van der Waals surface area (Å²) in [6.07, 6.45) is 1.70. The van der Waals surface area contributed by atoms with Crippen LogP contribution in [-0.2, 0) is 49.7 Å². The molecule has 0 bridgehead atoms. The van der Waals surface area contributed by atoms with Crippen molar-refractivity contribution >= 4 is 76.5 Å². The van der Waals surface area contributed by atoms with Gasteiger partial charge in [-0.1, -0.05) is 24.3 Å². The van der Waals surface area contributed by atoms with Gasteiger partial charge in [0.25, 0.3) is 23.6 Å². The summed E-state index contributed by atoms with van der Waals surface area (Å²) in [4.78, 5) is 127. The molecule has 4 aromatic carbocycles. The summed E-state index contributed by atoms with van der Waals surface area (Å²) in [5, 5.41) is 49.3. The van der Waals surface area contributed by atoms with E-state index in [2.05, 4.69) is 37.2 Å². The Morgan fingerprint density at radius 2 is 0.740 bits per heavy atom. The summed E-state index contributed by atoms with van der Waals surface area (Å²) in [7, 11) is 5.41. The summed E-state index contributed by atoms with van der Waals surface area (Å²) in [6, 6.07) is 13.1. The maximum atomic E-state index is 14.5. The molecule has 0 aliphatic carbocycles. The fourth-order valence-corrected chi connectivity index (χ4v) is 10.9. The molecular weight excluding hydrogens is 1240 g/mol. The number of nitrogens with zero attached hydrogens (tertiary/aromatic N) is 1. The number of hydrogen-bond donors (Lipinski definition) is 17. The molecule has 0 unspecified atom stereocenters. The zero-order valence-corrected chi connectivity index (χ0v) is 54.5. The first-order chi connectivity index (χ1) is 45.8. The summed E-state index contributed by atoms with van der Waals surface area (Å²) in [5.74, 6) is -5.64. The van der Waals surface area contributed by atoms with Crippen LogP contribution in [0.2, 0.25) is 0 Å². The largest absolute Gasteiger partial charge is 0.496 e. The Balaban J connectivity index is 1.37. The molecule has 23 N–H and O–H groups in total. The van der Waals surface area contributed by atoms with E-state index in [1.807, 2.05) is 0 Å². The van der Waals surface area contributed by atoms with Crippen LogP contribution in [0.5, 0.6) is 23.0 Å². The average molecular weight is 1330 g/mol. The van der Waals surface area contributed by atoms with Gasteiger partial charge < -0.3 is 95.5 Å². The zero-order chi connectivity index (χ0) is 70.6. The average Bonchev–Trinajstić information content (AvgIpc) is 1.29. The molecule has 1 heterocycles. The normalized spacial score (nSPS) is 13.6. The fourth-order valence-electron chi connectivity index (χ4n) is 10.9. The van der Waals surface area contributed by atoms with Crippen LogP contribution in [-0.4, -0.2) is 173 Å². The SMILES string of the molecule is COc1ccc(CC(=O)[C@H](CCCNC(=N)N)NC(=O)c2cc(CC(=O)[C@@H](N)CCCNC(=N)N)ccc2OC)cc1C(=O)N[C@@H](CCCNC(=N)N)C(=O)Cc1ccc(OC)c(C(=O)N[C@@H](CCCNC(=N)N)C(=O)Cc2ccc(OC)c(C(=O)N3CCC[C@H]3C(N)=O)c2)c1. The van der Waals surface area contributed by atoms with Gasteiger partial charge in [-0.3, -0.25) is 64.8 Å². The van der Waals surface area contributed by atoms with Crippen molar-refractivity contribution < 1.29 is 62.1 Å². The van der Waals surface area contributed by atoms with Gasteiger partial charge in [0.1, 0.15) is 29.0 Å². The summed E-state index contributed by atoms with van der Waals surface area (Å²) < 4.78 is 22.2. The van der Waals surface area contributed by atoms with Gasteiger partial charge >= 0.3 is 0 Å². The molecular formula is C65H90N18O13. The van der Waals surface area contributed by atoms with Crippen molar-refractivity contribution in [3.63, 3.8) is 0 Å². The lowest BCUT2D eigenvalue weighted by atomic mass is 9.96. The van der Waals surface area contributed by atoms with E-state index in [1.165, 1.54) is 81.9 Å². The van der Waals surface area contributed by atoms with E-state index in [0.29, 0.717) is 61.0 Å². The number of carbonyl (C=O) groups excluding carboxylic acids is 9. The predicted molar refractivity (Wildman–Crippen MR) is 358 cm³/mol. The molecule has 1 aliphatic heterocycles. The number of ether oxygens (including phenoxy) is 4. The maximum absolute atomic E-state index is 14.5. The standard InChI is InChI=1S/C65H90N18O13/c1-93-53-19-15-36(32-49(84)44(66)10-5-23-76-62(68)69)28-40(53)58(89)80-45(11-6-24-77-63(70)71)50(85)33-37-16-20-54(94-2)41(29-37)59(90)81-46(12-7-25-78-64(72)73)51(86)34-38-17-21-55(95-3)42(30-38)60(91)82-47(13-8-26-79-65(74)75)52(87)35-39-18-22-56(96-4)43(31-39)61(92)83-27-9-14-48(83)57(67)88/h15-22,28-31,44-48H,5-14,23-27,32-35,66H2,1-4H3,(H2,67,88)(H,80,89)(H,81,90)(H,82,91)(H4,68,69,76)(H4,70,71,77)(H4,72,73,78)(H4,74,75,79)/t44-,45-,46-,47-,48-/m0/s1. The van der Waals surface area contributed by atoms with E-state index in [-0.39, 0.29) is 159 Å². The van der Waals surface area contributed by atoms with Gasteiger partial charge in [-0.2, -0.15) is 0 Å². The molecule has 1 fully saturated rings. The number of primary amides is 1. The van der Waals surface area contributed by atoms with Gasteiger partial charge in [0.05, 0.1) is 74.9 Å². The van der Waals surface area contributed by atoms with E-state index in [9.17, 15) is 43.2 Å². The molecule has 31 heteroatoms. The van der Waals surface area contributed by atoms with Gasteiger partial charge in [-0.25, -0.2) is 0 Å². The number of rotatable bonds is 40. The van der Waals surface area contributed by atoms with Crippen LogP contribution >= 0.6 is 0 Å². The van der Waals surface area contributed by atoms with Crippen LogP contribution in [0.25, 0.3) is 0 Å². The van der Waals surface area contributed by atoms with Crippen LogP contribution in [0.4, 0.5) is 0 Å². The van der Waals surface area contributed by atoms with Gasteiger partial charge in [0, 0.05) is 58.4 Å². The first-order valence-corrected chi connectivity index (χ1v) is 31.2. The minimum absolute atomic E-state index is 0.0319. The number of nitrogens with two attached hydrogens (primary N) is 6. The van der Waals surface area contributed by atoms with E-state index in [4.69, 9.17) is 75.0 Å². The Hall–Kier alpha value is -10.9. The van der Waals surface area contributed by atoms with Crippen molar-refractivity contribution in [1.29, 1.82) is 21.6 Å². The van der Waals surface area contributed by atoms with Crippen molar-refractivity contribution in [2.45, 2.75) is 120 Å². The van der Waals surface area contributed by atoms with Crippen LogP contribution in [0.1, 0.15) is 128 Å². The molecule has 5 amide bonds. The smallest absolute Gasteiger partial charge is 0.258 e. The van der Waals surface area contributed by atoms with Gasteiger partial charge in [0.15, 0.2) is 47.0 Å². The molecule has 1 saturated heterocycles. The number of amides is 5. The van der Waals surface area contributed by atoms with Crippen molar-refractivity contribution in [3.05, 3.63) is 117 Å². The maximum Gasteiger partial charge on any atom is 0.258 e. The number of hydrogen-bond acceptors (Lipinski definition) is 18. The minimum Gasteiger partial charge on any atom is -0.496 e. The number of guanidine groups is 4. The number of methoxy groups -OCH3 is 4. The predicted octanol–water partition coefficient (Wildman–Crippen LogP) is 0.0335. The molecule has 518 valence electrons. The monoisotopic (exact) mass is 1330 g/mol.